The molecular formula is C25H23Cl2FN2OS. The van der Waals surface area contributed by atoms with Crippen LogP contribution in [0, 0.1) is 5.82 Å². The molecule has 3 nitrogen and oxygen atoms in total. The summed E-state index contributed by atoms with van der Waals surface area (Å²) in [6.07, 6.45) is 0. The molecule has 0 N–H and O–H groups in total. The molecule has 0 aromatic heterocycles. The topological polar surface area (TPSA) is 15.7 Å². The van der Waals surface area contributed by atoms with Crippen molar-refractivity contribution in [3.63, 3.8) is 0 Å². The molecule has 0 amide bonds. The average Bonchev–Trinajstić information content (AvgIpc) is 2.79. The summed E-state index contributed by atoms with van der Waals surface area (Å²) in [4.78, 5) is 5.34. The van der Waals surface area contributed by atoms with Gasteiger partial charge >= 0.3 is 0 Å². The molecule has 4 rings (SSSR count). The highest BCUT2D eigenvalue weighted by atomic mass is 35.5. The van der Waals surface area contributed by atoms with Crippen LogP contribution >= 0.6 is 35.4 Å². The summed E-state index contributed by atoms with van der Waals surface area (Å²) >= 11 is 18.7. The molecule has 1 fully saturated rings. The van der Waals surface area contributed by atoms with Crippen LogP contribution < -0.4 is 4.74 Å². The van der Waals surface area contributed by atoms with Crippen molar-refractivity contribution in [1.82, 2.24) is 9.80 Å². The number of thiocarbonyl (C=S) groups is 1. The van der Waals surface area contributed by atoms with E-state index in [4.69, 9.17) is 40.2 Å². The molecule has 0 spiro atoms. The number of rotatable bonds is 6. The van der Waals surface area contributed by atoms with E-state index in [2.05, 4.69) is 34.1 Å². The van der Waals surface area contributed by atoms with Gasteiger partial charge in [-0.05, 0) is 35.4 Å². The summed E-state index contributed by atoms with van der Waals surface area (Å²) in [6.45, 7) is 4.68. The molecule has 32 heavy (non-hydrogen) atoms. The van der Waals surface area contributed by atoms with Crippen LogP contribution in [0.1, 0.15) is 16.7 Å². The molecule has 1 aliphatic rings. The maximum Gasteiger partial charge on any atom is 0.157 e. The lowest BCUT2D eigenvalue weighted by molar-refractivity contribution is 0.177. The van der Waals surface area contributed by atoms with E-state index < -0.39 is 0 Å². The van der Waals surface area contributed by atoms with Gasteiger partial charge < -0.3 is 9.64 Å². The maximum atomic E-state index is 13.4. The van der Waals surface area contributed by atoms with E-state index >= 15 is 0 Å². The molecule has 3 aromatic rings. The highest BCUT2D eigenvalue weighted by Gasteiger charge is 2.21. The minimum atomic E-state index is -0.312. The summed E-state index contributed by atoms with van der Waals surface area (Å²) in [7, 11) is 0. The zero-order valence-electron chi connectivity index (χ0n) is 17.4. The number of benzene rings is 3. The SMILES string of the molecule is Fc1cccc(COc2c(Cl)cc(C(=S)N3CCN(Cc4ccccc4)CC3)cc2Cl)c1. The van der Waals surface area contributed by atoms with Crippen molar-refractivity contribution in [3.8, 4) is 5.75 Å². The Bertz CT molecular complexity index is 1070. The monoisotopic (exact) mass is 488 g/mol. The number of ether oxygens (including phenoxy) is 1. The molecule has 0 unspecified atom stereocenters. The fourth-order valence-electron chi connectivity index (χ4n) is 3.74. The van der Waals surface area contributed by atoms with Crippen LogP contribution in [0.4, 0.5) is 4.39 Å². The van der Waals surface area contributed by atoms with Gasteiger partial charge in [-0.15, -0.1) is 0 Å². The largest absolute Gasteiger partial charge is 0.486 e. The lowest BCUT2D eigenvalue weighted by Crippen LogP contribution is -2.48. The predicted octanol–water partition coefficient (Wildman–Crippen LogP) is 6.20. The number of halogens is 3. The van der Waals surface area contributed by atoms with Gasteiger partial charge in [-0.1, -0.05) is 77.9 Å². The summed E-state index contributed by atoms with van der Waals surface area (Å²) < 4.78 is 19.1. The van der Waals surface area contributed by atoms with Gasteiger partial charge in [-0.3, -0.25) is 4.90 Å². The number of hydrogen-bond donors (Lipinski definition) is 0. The molecular weight excluding hydrogens is 466 g/mol. The standard InChI is InChI=1S/C25H23Cl2FN2OS/c26-22-14-20(15-23(27)24(22)31-17-19-7-4-8-21(28)13-19)25(32)30-11-9-29(10-12-30)16-18-5-2-1-3-6-18/h1-8,13-15H,9-12,16-17H2. The Morgan fingerprint density at radius 3 is 2.19 bits per heavy atom. The van der Waals surface area contributed by atoms with Gasteiger partial charge in [0.2, 0.25) is 0 Å². The minimum Gasteiger partial charge on any atom is -0.486 e. The van der Waals surface area contributed by atoms with E-state index in [1.165, 1.54) is 17.7 Å². The Morgan fingerprint density at radius 1 is 0.875 bits per heavy atom. The van der Waals surface area contributed by atoms with E-state index in [-0.39, 0.29) is 12.4 Å². The summed E-state index contributed by atoms with van der Waals surface area (Å²) in [5.74, 6) is 0.0599. The fourth-order valence-corrected chi connectivity index (χ4v) is 4.63. The van der Waals surface area contributed by atoms with Crippen LogP contribution in [-0.4, -0.2) is 41.0 Å². The van der Waals surface area contributed by atoms with Crippen LogP contribution in [0.25, 0.3) is 0 Å². The van der Waals surface area contributed by atoms with Crippen LogP contribution in [0.15, 0.2) is 66.7 Å². The number of nitrogens with zero attached hydrogens (tertiary/aromatic N) is 2. The van der Waals surface area contributed by atoms with E-state index in [1.54, 1.807) is 24.3 Å². The first kappa shape index (κ1) is 23.0. The van der Waals surface area contributed by atoms with E-state index in [1.807, 2.05) is 6.07 Å². The molecule has 0 aliphatic carbocycles. The summed E-state index contributed by atoms with van der Waals surface area (Å²) in [5, 5.41) is 0.767. The number of hydrogen-bond acceptors (Lipinski definition) is 3. The first-order valence-electron chi connectivity index (χ1n) is 10.4. The molecule has 3 aromatic carbocycles. The lowest BCUT2D eigenvalue weighted by atomic mass is 10.1. The molecule has 166 valence electrons. The quantitative estimate of drug-likeness (QED) is 0.383. The van der Waals surface area contributed by atoms with Crippen molar-refractivity contribution in [2.75, 3.05) is 26.2 Å². The Balaban J connectivity index is 1.37. The highest BCUT2D eigenvalue weighted by Crippen LogP contribution is 2.35. The molecule has 0 radical (unpaired) electrons. The average molecular weight is 489 g/mol. The third-order valence-electron chi connectivity index (χ3n) is 5.43. The molecule has 1 saturated heterocycles. The summed E-state index contributed by atoms with van der Waals surface area (Å²) in [6, 6.07) is 20.3. The van der Waals surface area contributed by atoms with Crippen molar-refractivity contribution >= 4 is 40.4 Å². The zero-order valence-corrected chi connectivity index (χ0v) is 19.8. The van der Waals surface area contributed by atoms with Crippen LogP contribution in [-0.2, 0) is 13.2 Å². The van der Waals surface area contributed by atoms with Crippen LogP contribution in [0.2, 0.25) is 10.0 Å². The minimum absolute atomic E-state index is 0.171. The highest BCUT2D eigenvalue weighted by molar-refractivity contribution is 7.80. The van der Waals surface area contributed by atoms with Gasteiger partial charge in [0, 0.05) is 38.3 Å². The second kappa shape index (κ2) is 10.6. The second-order valence-corrected chi connectivity index (χ2v) is 8.94. The molecule has 0 bridgehead atoms. The van der Waals surface area contributed by atoms with E-state index in [0.717, 1.165) is 43.3 Å². The van der Waals surface area contributed by atoms with Gasteiger partial charge in [0.15, 0.2) is 5.75 Å². The Morgan fingerprint density at radius 2 is 1.53 bits per heavy atom. The number of piperazine rings is 1. The second-order valence-electron chi connectivity index (χ2n) is 7.74. The Labute approximate surface area is 203 Å². The van der Waals surface area contributed by atoms with Crippen LogP contribution in [0.5, 0.6) is 5.75 Å². The van der Waals surface area contributed by atoms with Gasteiger partial charge in [0.1, 0.15) is 17.4 Å². The molecule has 0 atom stereocenters. The Hall–Kier alpha value is -2.18. The van der Waals surface area contributed by atoms with Crippen molar-refractivity contribution < 1.29 is 9.13 Å². The molecule has 1 aliphatic heterocycles. The summed E-state index contributed by atoms with van der Waals surface area (Å²) in [5.41, 5.74) is 2.81. The molecule has 1 heterocycles. The molecule has 7 heteroatoms. The van der Waals surface area contributed by atoms with Gasteiger partial charge in [0.25, 0.3) is 0 Å². The zero-order chi connectivity index (χ0) is 22.5. The van der Waals surface area contributed by atoms with Crippen LogP contribution in [0.3, 0.4) is 0 Å². The van der Waals surface area contributed by atoms with Crippen molar-refractivity contribution in [3.05, 3.63) is 99.3 Å². The predicted molar refractivity (Wildman–Crippen MR) is 132 cm³/mol. The van der Waals surface area contributed by atoms with Gasteiger partial charge in [-0.25, -0.2) is 4.39 Å². The lowest BCUT2D eigenvalue weighted by Gasteiger charge is -2.36. The maximum absolute atomic E-state index is 13.4. The van der Waals surface area contributed by atoms with Crippen molar-refractivity contribution in [2.45, 2.75) is 13.2 Å². The van der Waals surface area contributed by atoms with Gasteiger partial charge in [0.05, 0.1) is 10.0 Å². The van der Waals surface area contributed by atoms with Crippen molar-refractivity contribution in [2.24, 2.45) is 0 Å². The van der Waals surface area contributed by atoms with Crippen molar-refractivity contribution in [1.29, 1.82) is 0 Å². The third kappa shape index (κ3) is 5.78. The van der Waals surface area contributed by atoms with E-state index in [9.17, 15) is 4.39 Å². The molecule has 0 saturated carbocycles. The van der Waals surface area contributed by atoms with E-state index in [0.29, 0.717) is 21.4 Å². The smallest absolute Gasteiger partial charge is 0.157 e. The van der Waals surface area contributed by atoms with Gasteiger partial charge in [-0.2, -0.15) is 0 Å². The Kier molecular flexibility index (Phi) is 7.63. The normalized spacial score (nSPS) is 14.4. The first-order chi connectivity index (χ1) is 15.5. The fraction of sp³-hybridized carbons (Fsp3) is 0.240. The first-order valence-corrected chi connectivity index (χ1v) is 11.6. The third-order valence-corrected chi connectivity index (χ3v) is 6.48.